The number of carboxylic acid groups (broad SMARTS) is 1. The Morgan fingerprint density at radius 2 is 1.69 bits per heavy atom. The van der Waals surface area contributed by atoms with Crippen LogP contribution in [-0.4, -0.2) is 16.9 Å². The number of carboxylic acids is 1. The highest BCUT2D eigenvalue weighted by atomic mass is 16.4. The van der Waals surface area contributed by atoms with Crippen LogP contribution in [0.15, 0.2) is 11.6 Å². The van der Waals surface area contributed by atoms with Crippen molar-refractivity contribution in [2.45, 2.75) is 70.6 Å². The summed E-state index contributed by atoms with van der Waals surface area (Å²) in [5.74, 6) is 3.50. The van der Waals surface area contributed by atoms with Crippen molar-refractivity contribution in [1.29, 1.82) is 0 Å². The molecule has 1 N–H and O–H groups in total. The second kappa shape index (κ2) is 6.49. The monoisotopic (exact) mass is 356 g/mol. The van der Waals surface area contributed by atoms with E-state index in [1.54, 1.807) is 5.57 Å². The molecule has 8 unspecified atom stereocenters. The maximum absolute atomic E-state index is 12.2. The smallest absolute Gasteiger partial charge is 0.314 e. The van der Waals surface area contributed by atoms with Gasteiger partial charge >= 0.3 is 5.97 Å². The number of allylic oxidation sites excluding steroid dienone is 2. The first-order valence-corrected chi connectivity index (χ1v) is 11.1. The Labute approximate surface area is 156 Å². The fourth-order valence-corrected chi connectivity index (χ4v) is 7.89. The minimum atomic E-state index is -0.896. The predicted molar refractivity (Wildman–Crippen MR) is 99.4 cm³/mol. The van der Waals surface area contributed by atoms with E-state index in [1.807, 2.05) is 0 Å². The molecule has 0 aromatic heterocycles. The molecule has 5 aliphatic rings. The van der Waals surface area contributed by atoms with Crippen LogP contribution in [0, 0.1) is 47.3 Å². The van der Waals surface area contributed by atoms with Crippen LogP contribution in [0.4, 0.5) is 0 Å². The van der Waals surface area contributed by atoms with Gasteiger partial charge in [0.15, 0.2) is 0 Å². The van der Waals surface area contributed by atoms with Gasteiger partial charge in [-0.2, -0.15) is 0 Å². The lowest BCUT2D eigenvalue weighted by Crippen LogP contribution is -2.47. The largest absolute Gasteiger partial charge is 0.481 e. The second-order valence-electron chi connectivity index (χ2n) is 9.90. The Morgan fingerprint density at radius 3 is 2.54 bits per heavy atom. The zero-order valence-corrected chi connectivity index (χ0v) is 15.7. The van der Waals surface area contributed by atoms with E-state index in [0.717, 1.165) is 30.1 Å². The van der Waals surface area contributed by atoms with Gasteiger partial charge in [0.1, 0.15) is 11.7 Å². The number of Topliss-reactive ketones (excluding diaryl/α,β-unsaturated/α-hetero) is 1. The average molecular weight is 357 g/mol. The van der Waals surface area contributed by atoms with Crippen molar-refractivity contribution in [3.05, 3.63) is 11.6 Å². The van der Waals surface area contributed by atoms with Gasteiger partial charge < -0.3 is 5.11 Å². The molecule has 4 saturated carbocycles. The summed E-state index contributed by atoms with van der Waals surface area (Å²) in [6, 6.07) is 0. The summed E-state index contributed by atoms with van der Waals surface area (Å²) in [5.41, 5.74) is 1.58. The maximum Gasteiger partial charge on any atom is 0.314 e. The van der Waals surface area contributed by atoms with Crippen LogP contribution < -0.4 is 0 Å². The summed E-state index contributed by atoms with van der Waals surface area (Å²) in [6.45, 7) is 0. The number of aliphatic carboxylic acids is 1. The topological polar surface area (TPSA) is 54.4 Å². The number of rotatable bonds is 1. The Kier molecular flexibility index (Phi) is 4.25. The van der Waals surface area contributed by atoms with Crippen molar-refractivity contribution in [3.63, 3.8) is 0 Å². The van der Waals surface area contributed by atoms with Crippen LogP contribution in [0.25, 0.3) is 0 Å². The van der Waals surface area contributed by atoms with Crippen LogP contribution in [0.1, 0.15) is 70.6 Å². The molecule has 0 heterocycles. The van der Waals surface area contributed by atoms with E-state index in [4.69, 9.17) is 0 Å². The first-order valence-electron chi connectivity index (χ1n) is 11.1. The van der Waals surface area contributed by atoms with Gasteiger partial charge in [0, 0.05) is 6.42 Å². The maximum atomic E-state index is 12.2. The van der Waals surface area contributed by atoms with Crippen LogP contribution >= 0.6 is 0 Å². The number of ketones is 1. The van der Waals surface area contributed by atoms with E-state index < -0.39 is 11.9 Å². The fourth-order valence-electron chi connectivity index (χ4n) is 7.89. The molecule has 26 heavy (non-hydrogen) atoms. The fraction of sp³-hybridized carbons (Fsp3) is 0.826. The Balaban J connectivity index is 1.41. The molecule has 0 spiro atoms. The molecule has 0 amide bonds. The molecular formula is C23H32O3. The van der Waals surface area contributed by atoms with Crippen LogP contribution in [0.5, 0.6) is 0 Å². The quantitative estimate of drug-likeness (QED) is 0.539. The molecule has 142 valence electrons. The molecule has 5 rings (SSSR count). The molecule has 0 aliphatic heterocycles. The van der Waals surface area contributed by atoms with Gasteiger partial charge in [-0.1, -0.05) is 30.9 Å². The molecule has 5 aliphatic carbocycles. The van der Waals surface area contributed by atoms with E-state index in [-0.39, 0.29) is 5.78 Å². The number of hydrogen-bond acceptors (Lipinski definition) is 2. The zero-order chi connectivity index (χ0) is 17.8. The highest BCUT2D eigenvalue weighted by Crippen LogP contribution is 2.58. The third-order valence-electron chi connectivity index (χ3n) is 8.99. The molecular weight excluding hydrogens is 324 g/mol. The van der Waals surface area contributed by atoms with Crippen molar-refractivity contribution < 1.29 is 14.7 Å². The van der Waals surface area contributed by atoms with Crippen LogP contribution in [0.3, 0.4) is 0 Å². The van der Waals surface area contributed by atoms with Crippen LogP contribution in [0.2, 0.25) is 0 Å². The first-order chi connectivity index (χ1) is 12.6. The molecule has 0 aromatic rings. The zero-order valence-electron chi connectivity index (χ0n) is 15.7. The van der Waals surface area contributed by atoms with Crippen molar-refractivity contribution in [1.82, 2.24) is 0 Å². The SMILES string of the molecule is O=C(O)C1CC2C3=CCC4C5CCCCC5CCC4C3CCC2CC1=O. The molecule has 3 heteroatoms. The highest BCUT2D eigenvalue weighted by Gasteiger charge is 2.51. The van der Waals surface area contributed by atoms with E-state index in [1.165, 1.54) is 51.4 Å². The molecule has 3 nitrogen and oxygen atoms in total. The van der Waals surface area contributed by atoms with Gasteiger partial charge in [0.2, 0.25) is 0 Å². The van der Waals surface area contributed by atoms with Crippen LogP contribution in [-0.2, 0) is 9.59 Å². The summed E-state index contributed by atoms with van der Waals surface area (Å²) >= 11 is 0. The van der Waals surface area contributed by atoms with Gasteiger partial charge in [0.25, 0.3) is 0 Å². The minimum absolute atomic E-state index is 0.0193. The third kappa shape index (κ3) is 2.60. The first kappa shape index (κ1) is 17.0. The summed E-state index contributed by atoms with van der Waals surface area (Å²) < 4.78 is 0. The Bertz CT molecular complexity index is 635. The molecule has 4 fully saturated rings. The van der Waals surface area contributed by atoms with Gasteiger partial charge in [-0.25, -0.2) is 0 Å². The van der Waals surface area contributed by atoms with Crippen molar-refractivity contribution in [2.24, 2.45) is 47.3 Å². The van der Waals surface area contributed by atoms with Gasteiger partial charge in [0.05, 0.1) is 0 Å². The lowest BCUT2D eigenvalue weighted by atomic mass is 9.50. The summed E-state index contributed by atoms with van der Waals surface area (Å²) in [7, 11) is 0. The standard InChI is InChI=1S/C23H32O3/c24-22-11-14-6-8-18-17-7-5-13-3-1-2-4-15(13)16(17)9-10-19(18)20(14)12-21(22)23(25)26/h10,13-18,20-21H,1-9,11-12H2,(H,25,26). The molecule has 0 saturated heterocycles. The highest BCUT2D eigenvalue weighted by molar-refractivity contribution is 5.99. The molecule has 8 atom stereocenters. The van der Waals surface area contributed by atoms with Crippen molar-refractivity contribution in [2.75, 3.05) is 0 Å². The number of carbonyl (C=O) groups excluding carboxylic acids is 1. The van der Waals surface area contributed by atoms with E-state index in [9.17, 15) is 14.7 Å². The minimum Gasteiger partial charge on any atom is -0.481 e. The van der Waals surface area contributed by atoms with Gasteiger partial charge in [-0.15, -0.1) is 0 Å². The molecule has 0 aromatic carbocycles. The summed E-state index contributed by atoms with van der Waals surface area (Å²) in [5, 5.41) is 9.47. The second-order valence-corrected chi connectivity index (χ2v) is 9.90. The lowest BCUT2D eigenvalue weighted by molar-refractivity contribution is -0.149. The predicted octanol–water partition coefficient (Wildman–Crippen LogP) is 4.86. The van der Waals surface area contributed by atoms with E-state index in [2.05, 4.69) is 6.08 Å². The number of fused-ring (bicyclic) bond motifs is 7. The Hall–Kier alpha value is -1.12. The van der Waals surface area contributed by atoms with Crippen molar-refractivity contribution in [3.8, 4) is 0 Å². The van der Waals surface area contributed by atoms with E-state index in [0.29, 0.717) is 30.6 Å². The molecule has 0 bridgehead atoms. The molecule has 0 radical (unpaired) electrons. The summed E-state index contributed by atoms with van der Waals surface area (Å²) in [6.07, 6.45) is 15.8. The van der Waals surface area contributed by atoms with E-state index >= 15 is 0 Å². The lowest BCUT2D eigenvalue weighted by Gasteiger charge is -2.54. The number of carbonyl (C=O) groups is 2. The van der Waals surface area contributed by atoms with Gasteiger partial charge in [-0.05, 0) is 86.4 Å². The number of hydrogen-bond donors (Lipinski definition) is 1. The summed E-state index contributed by atoms with van der Waals surface area (Å²) in [4.78, 5) is 23.8. The normalized spacial score (nSPS) is 47.7. The van der Waals surface area contributed by atoms with Crippen molar-refractivity contribution >= 4 is 11.8 Å². The average Bonchev–Trinajstić information content (AvgIpc) is 2.66. The third-order valence-corrected chi connectivity index (χ3v) is 8.99. The Morgan fingerprint density at radius 1 is 0.885 bits per heavy atom. The van der Waals surface area contributed by atoms with Gasteiger partial charge in [-0.3, -0.25) is 9.59 Å².